The lowest BCUT2D eigenvalue weighted by atomic mass is 9.95. The average Bonchev–Trinajstić information content (AvgIpc) is 2.92. The smallest absolute Gasteiger partial charge is 0.233 e. The molecule has 1 amide bonds. The molecule has 0 bridgehead atoms. The molecule has 0 aromatic rings. The number of carbonyl (C=O) groups excluding carboxylic acids is 2. The van der Waals surface area contributed by atoms with Gasteiger partial charge in [0.2, 0.25) is 5.91 Å². The largest absolute Gasteiger partial charge is 0.329 e. The van der Waals surface area contributed by atoms with Crippen molar-refractivity contribution in [3.63, 3.8) is 0 Å². The first-order valence-corrected chi connectivity index (χ1v) is 7.71. The van der Waals surface area contributed by atoms with Gasteiger partial charge in [-0.3, -0.25) is 9.59 Å². The van der Waals surface area contributed by atoms with E-state index in [9.17, 15) is 9.59 Å². The van der Waals surface area contributed by atoms with Gasteiger partial charge in [-0.05, 0) is 37.5 Å². The van der Waals surface area contributed by atoms with Crippen LogP contribution in [0.3, 0.4) is 0 Å². The number of nitrogens with one attached hydrogen (secondary N) is 1. The second kappa shape index (κ2) is 3.80. The Balaban J connectivity index is 1.80. The van der Waals surface area contributed by atoms with Crippen LogP contribution in [-0.2, 0) is 9.59 Å². The van der Waals surface area contributed by atoms with Crippen molar-refractivity contribution in [2.45, 2.75) is 44.9 Å². The van der Waals surface area contributed by atoms with Crippen molar-refractivity contribution in [3.8, 4) is 0 Å². The highest BCUT2D eigenvalue weighted by Gasteiger charge is 2.68. The van der Waals surface area contributed by atoms with E-state index in [0.717, 1.165) is 5.57 Å². The fraction of sp³-hybridized carbons (Fsp3) is 0.733. The molecule has 0 saturated heterocycles. The SMILES string of the molecule is C/C(NC(=O)[C@@]1(C)CC1(Cl)Cl)=C1/C(=O)C[C@@H]2[C@H]1C2(C)C. The van der Waals surface area contributed by atoms with Gasteiger partial charge >= 0.3 is 0 Å². The number of hydrogen-bond acceptors (Lipinski definition) is 2. The third-order valence-electron chi connectivity index (χ3n) is 5.53. The minimum absolute atomic E-state index is 0.168. The predicted molar refractivity (Wildman–Crippen MR) is 78.4 cm³/mol. The zero-order valence-electron chi connectivity index (χ0n) is 12.1. The number of halogens is 2. The Morgan fingerprint density at radius 3 is 2.30 bits per heavy atom. The minimum Gasteiger partial charge on any atom is -0.329 e. The number of amides is 1. The Morgan fingerprint density at radius 1 is 1.30 bits per heavy atom. The van der Waals surface area contributed by atoms with E-state index in [2.05, 4.69) is 19.2 Å². The average molecular weight is 316 g/mol. The van der Waals surface area contributed by atoms with Crippen molar-refractivity contribution < 1.29 is 9.59 Å². The quantitative estimate of drug-likeness (QED) is 0.628. The molecule has 0 heterocycles. The molecule has 3 aliphatic rings. The summed E-state index contributed by atoms with van der Waals surface area (Å²) < 4.78 is -0.983. The van der Waals surface area contributed by atoms with Crippen LogP contribution in [0.1, 0.15) is 40.5 Å². The topological polar surface area (TPSA) is 46.2 Å². The summed E-state index contributed by atoms with van der Waals surface area (Å²) in [6.07, 6.45) is 1.05. The van der Waals surface area contributed by atoms with Crippen molar-refractivity contribution in [2.24, 2.45) is 22.7 Å². The molecule has 0 radical (unpaired) electrons. The van der Waals surface area contributed by atoms with Gasteiger partial charge in [0.05, 0.1) is 5.41 Å². The highest BCUT2D eigenvalue weighted by Crippen LogP contribution is 2.68. The van der Waals surface area contributed by atoms with E-state index in [1.165, 1.54) is 0 Å². The van der Waals surface area contributed by atoms with Crippen molar-refractivity contribution in [2.75, 3.05) is 0 Å². The summed E-state index contributed by atoms with van der Waals surface area (Å²) >= 11 is 12.0. The molecular formula is C15H19Cl2NO2. The molecule has 110 valence electrons. The number of carbonyl (C=O) groups is 2. The lowest BCUT2D eigenvalue weighted by Gasteiger charge is -2.16. The molecule has 0 aliphatic heterocycles. The molecule has 0 spiro atoms. The van der Waals surface area contributed by atoms with Gasteiger partial charge in [0.15, 0.2) is 5.78 Å². The summed E-state index contributed by atoms with van der Waals surface area (Å²) in [5.74, 6) is 0.705. The summed E-state index contributed by atoms with van der Waals surface area (Å²) in [5.41, 5.74) is 0.905. The maximum absolute atomic E-state index is 12.3. The zero-order chi connectivity index (χ0) is 15.1. The zero-order valence-corrected chi connectivity index (χ0v) is 13.7. The van der Waals surface area contributed by atoms with Gasteiger partial charge in [0.1, 0.15) is 4.33 Å². The van der Waals surface area contributed by atoms with Crippen LogP contribution in [-0.4, -0.2) is 16.0 Å². The second-order valence-electron chi connectivity index (χ2n) is 7.24. The first-order chi connectivity index (χ1) is 9.02. The Labute approximate surface area is 129 Å². The van der Waals surface area contributed by atoms with Crippen LogP contribution in [0, 0.1) is 22.7 Å². The molecule has 3 atom stereocenters. The van der Waals surface area contributed by atoms with Crippen LogP contribution in [0.4, 0.5) is 0 Å². The Bertz CT molecular complexity index is 564. The fourth-order valence-electron chi connectivity index (χ4n) is 3.65. The van der Waals surface area contributed by atoms with Gasteiger partial charge in [-0.15, -0.1) is 23.2 Å². The molecular weight excluding hydrogens is 297 g/mol. The van der Waals surface area contributed by atoms with E-state index in [0.29, 0.717) is 30.4 Å². The summed E-state index contributed by atoms with van der Waals surface area (Å²) in [7, 11) is 0. The minimum atomic E-state index is -0.983. The molecule has 0 aromatic heterocycles. The Morgan fingerprint density at radius 2 is 1.85 bits per heavy atom. The number of alkyl halides is 2. The first kappa shape index (κ1) is 14.4. The van der Waals surface area contributed by atoms with Gasteiger partial charge in [-0.25, -0.2) is 0 Å². The molecule has 1 N–H and O–H groups in total. The van der Waals surface area contributed by atoms with Crippen LogP contribution >= 0.6 is 23.2 Å². The summed E-state index contributed by atoms with van der Waals surface area (Å²) in [6.45, 7) is 7.90. The highest BCUT2D eigenvalue weighted by atomic mass is 35.5. The molecule has 0 unspecified atom stereocenters. The molecule has 0 aromatic carbocycles. The molecule has 3 saturated carbocycles. The number of rotatable bonds is 2. The highest BCUT2D eigenvalue weighted by molar-refractivity contribution is 6.53. The molecule has 3 nitrogen and oxygen atoms in total. The molecule has 20 heavy (non-hydrogen) atoms. The maximum atomic E-state index is 12.3. The van der Waals surface area contributed by atoms with E-state index >= 15 is 0 Å². The monoisotopic (exact) mass is 315 g/mol. The van der Waals surface area contributed by atoms with E-state index < -0.39 is 9.75 Å². The third-order valence-corrected chi connectivity index (χ3v) is 6.63. The lowest BCUT2D eigenvalue weighted by Crippen LogP contribution is -2.33. The van der Waals surface area contributed by atoms with Gasteiger partial charge in [0, 0.05) is 17.7 Å². The molecule has 5 heteroatoms. The van der Waals surface area contributed by atoms with Crippen LogP contribution in [0.25, 0.3) is 0 Å². The molecule has 3 fully saturated rings. The Kier molecular flexibility index (Phi) is 2.74. The van der Waals surface area contributed by atoms with Gasteiger partial charge in [-0.2, -0.15) is 0 Å². The number of Topliss-reactive ketones (excluding diaryl/α,β-unsaturated/α-hetero) is 1. The first-order valence-electron chi connectivity index (χ1n) is 6.95. The standard InChI is InChI=1S/C15H19Cl2NO2/c1-7(18-12(20)14(4)6-15(14,16)17)10-9(19)5-8-11(10)13(8,2)3/h8,11H,5-6H2,1-4H3,(H,18,20)/b10-7+/t8-,11-,14-/m1/s1. The van der Waals surface area contributed by atoms with Gasteiger partial charge in [-0.1, -0.05) is 13.8 Å². The summed E-state index contributed by atoms with van der Waals surface area (Å²) in [5, 5.41) is 2.86. The van der Waals surface area contributed by atoms with Crippen LogP contribution in [0.2, 0.25) is 0 Å². The van der Waals surface area contributed by atoms with Crippen molar-refractivity contribution in [1.82, 2.24) is 5.32 Å². The number of fused-ring (bicyclic) bond motifs is 1. The maximum Gasteiger partial charge on any atom is 0.233 e. The molecule has 3 rings (SSSR count). The lowest BCUT2D eigenvalue weighted by molar-refractivity contribution is -0.125. The van der Waals surface area contributed by atoms with E-state index in [1.807, 2.05) is 0 Å². The van der Waals surface area contributed by atoms with Crippen molar-refractivity contribution in [3.05, 3.63) is 11.3 Å². The second-order valence-corrected chi connectivity index (χ2v) is 8.72. The van der Waals surface area contributed by atoms with Gasteiger partial charge < -0.3 is 5.32 Å². The fourth-order valence-corrected chi connectivity index (χ4v) is 4.35. The van der Waals surface area contributed by atoms with E-state index in [4.69, 9.17) is 23.2 Å². The van der Waals surface area contributed by atoms with Crippen LogP contribution in [0.15, 0.2) is 11.3 Å². The van der Waals surface area contributed by atoms with E-state index in [-0.39, 0.29) is 17.1 Å². The van der Waals surface area contributed by atoms with Crippen molar-refractivity contribution in [1.29, 1.82) is 0 Å². The van der Waals surface area contributed by atoms with Crippen molar-refractivity contribution >= 4 is 34.9 Å². The summed E-state index contributed by atoms with van der Waals surface area (Å²) in [6, 6.07) is 0. The van der Waals surface area contributed by atoms with Gasteiger partial charge in [0.25, 0.3) is 0 Å². The number of hydrogen-bond donors (Lipinski definition) is 1. The third kappa shape index (κ3) is 1.72. The number of ketones is 1. The number of allylic oxidation sites excluding steroid dienone is 2. The Hall–Kier alpha value is -0.540. The van der Waals surface area contributed by atoms with Crippen LogP contribution in [0.5, 0.6) is 0 Å². The van der Waals surface area contributed by atoms with Crippen LogP contribution < -0.4 is 5.32 Å². The summed E-state index contributed by atoms with van der Waals surface area (Å²) in [4.78, 5) is 24.3. The normalized spacial score (nSPS) is 42.0. The van der Waals surface area contributed by atoms with E-state index in [1.54, 1.807) is 13.8 Å². The predicted octanol–water partition coefficient (Wildman–Crippen LogP) is 3.21. The molecule has 3 aliphatic carbocycles.